The second-order valence-corrected chi connectivity index (χ2v) is 8.19. The van der Waals surface area contributed by atoms with E-state index in [2.05, 4.69) is 36.1 Å². The lowest BCUT2D eigenvalue weighted by Gasteiger charge is -2.34. The van der Waals surface area contributed by atoms with Crippen LogP contribution in [0.3, 0.4) is 0 Å². The van der Waals surface area contributed by atoms with E-state index < -0.39 is 0 Å². The second kappa shape index (κ2) is 9.83. The summed E-state index contributed by atoms with van der Waals surface area (Å²) in [5.41, 5.74) is 3.21. The number of carbonyl (C=O) groups excluding carboxylic acids is 2. The highest BCUT2D eigenvalue weighted by Gasteiger charge is 2.24. The third-order valence-electron chi connectivity index (χ3n) is 5.66. The van der Waals surface area contributed by atoms with Gasteiger partial charge in [0.2, 0.25) is 0 Å². The molecular weight excluding hydrogens is 404 g/mol. The lowest BCUT2D eigenvalue weighted by molar-refractivity contribution is 0.0594. The maximum atomic E-state index is 12.8. The fourth-order valence-electron chi connectivity index (χ4n) is 3.84. The van der Waals surface area contributed by atoms with Crippen molar-refractivity contribution in [2.24, 2.45) is 0 Å². The molecule has 1 fully saturated rings. The average Bonchev–Trinajstić information content (AvgIpc) is 3.27. The van der Waals surface area contributed by atoms with Gasteiger partial charge in [-0.15, -0.1) is 0 Å². The van der Waals surface area contributed by atoms with Crippen molar-refractivity contribution in [3.8, 4) is 5.75 Å². The predicted molar refractivity (Wildman–Crippen MR) is 122 cm³/mol. The minimum Gasteiger partial charge on any atom is -0.486 e. The lowest BCUT2D eigenvalue weighted by Crippen LogP contribution is -2.48. The fourth-order valence-corrected chi connectivity index (χ4v) is 3.84. The van der Waals surface area contributed by atoms with E-state index in [-0.39, 0.29) is 18.3 Å². The van der Waals surface area contributed by atoms with E-state index in [4.69, 9.17) is 9.15 Å². The van der Waals surface area contributed by atoms with Gasteiger partial charge in [0.25, 0.3) is 5.91 Å². The minimum atomic E-state index is -0.0859. The van der Waals surface area contributed by atoms with Gasteiger partial charge in [0, 0.05) is 38.3 Å². The van der Waals surface area contributed by atoms with Gasteiger partial charge in [-0.2, -0.15) is 0 Å². The molecule has 1 aliphatic heterocycles. The van der Waals surface area contributed by atoms with Crippen molar-refractivity contribution in [1.29, 1.82) is 0 Å². The average molecular weight is 433 g/mol. The van der Waals surface area contributed by atoms with Crippen LogP contribution in [0.4, 0.5) is 0 Å². The topological polar surface area (TPSA) is 63.0 Å². The monoisotopic (exact) mass is 432 g/mol. The number of furan rings is 1. The van der Waals surface area contributed by atoms with Crippen LogP contribution in [0.15, 0.2) is 65.1 Å². The molecule has 0 aliphatic carbocycles. The molecule has 0 bridgehead atoms. The summed E-state index contributed by atoms with van der Waals surface area (Å²) in [6.07, 6.45) is 0. The first-order valence-electron chi connectivity index (χ1n) is 10.9. The Morgan fingerprint density at radius 1 is 0.969 bits per heavy atom. The molecule has 0 spiro atoms. The van der Waals surface area contributed by atoms with Crippen LogP contribution in [0.5, 0.6) is 5.75 Å². The van der Waals surface area contributed by atoms with Gasteiger partial charge in [-0.05, 0) is 55.8 Å². The van der Waals surface area contributed by atoms with E-state index >= 15 is 0 Å². The Kier molecular flexibility index (Phi) is 6.71. The van der Waals surface area contributed by atoms with Crippen LogP contribution < -0.4 is 4.74 Å². The Balaban J connectivity index is 1.27. The molecule has 1 aliphatic rings. The molecule has 0 unspecified atom stereocenters. The van der Waals surface area contributed by atoms with Crippen molar-refractivity contribution in [1.82, 2.24) is 9.80 Å². The van der Waals surface area contributed by atoms with E-state index in [0.717, 1.165) is 19.6 Å². The molecule has 6 heteroatoms. The Hall–Kier alpha value is -3.38. The Bertz CT molecular complexity index is 1080. The summed E-state index contributed by atoms with van der Waals surface area (Å²) in [5.74, 6) is 1.49. The van der Waals surface area contributed by atoms with Crippen molar-refractivity contribution < 1.29 is 18.7 Å². The van der Waals surface area contributed by atoms with Gasteiger partial charge in [-0.25, -0.2) is 0 Å². The number of rotatable bonds is 7. The lowest BCUT2D eigenvalue weighted by atomic mass is 10.1. The zero-order chi connectivity index (χ0) is 22.5. The molecule has 0 saturated carbocycles. The molecule has 3 aromatic rings. The van der Waals surface area contributed by atoms with Crippen molar-refractivity contribution >= 4 is 11.7 Å². The third-order valence-corrected chi connectivity index (χ3v) is 5.66. The highest BCUT2D eigenvalue weighted by atomic mass is 16.5. The first-order chi connectivity index (χ1) is 15.5. The largest absolute Gasteiger partial charge is 0.486 e. The van der Waals surface area contributed by atoms with Crippen molar-refractivity contribution in [2.45, 2.75) is 27.0 Å². The third kappa shape index (κ3) is 5.45. The summed E-state index contributed by atoms with van der Waals surface area (Å²) < 4.78 is 11.4. The SMILES string of the molecule is CC(=O)c1ccc(OCc2ccc(C(=O)N3CCN(Cc4cccc(C)c4)CC3)o2)cc1. The highest BCUT2D eigenvalue weighted by molar-refractivity contribution is 5.94. The van der Waals surface area contributed by atoms with Crippen LogP contribution in [-0.4, -0.2) is 47.7 Å². The molecule has 2 aromatic carbocycles. The van der Waals surface area contributed by atoms with Gasteiger partial charge >= 0.3 is 0 Å². The number of aryl methyl sites for hydroxylation is 1. The number of hydrogen-bond acceptors (Lipinski definition) is 5. The fraction of sp³-hybridized carbons (Fsp3) is 0.308. The Morgan fingerprint density at radius 3 is 2.41 bits per heavy atom. The number of amides is 1. The molecule has 1 amide bonds. The van der Waals surface area contributed by atoms with Gasteiger partial charge in [-0.1, -0.05) is 29.8 Å². The molecule has 4 rings (SSSR count). The maximum Gasteiger partial charge on any atom is 0.289 e. The van der Waals surface area contributed by atoms with E-state index in [1.165, 1.54) is 18.1 Å². The minimum absolute atomic E-state index is 0.0155. The maximum absolute atomic E-state index is 12.8. The normalized spacial score (nSPS) is 14.4. The van der Waals surface area contributed by atoms with Crippen molar-refractivity contribution in [3.63, 3.8) is 0 Å². The van der Waals surface area contributed by atoms with Crippen LogP contribution in [0, 0.1) is 6.92 Å². The Labute approximate surface area is 188 Å². The van der Waals surface area contributed by atoms with Crippen LogP contribution in [0.1, 0.15) is 44.7 Å². The Morgan fingerprint density at radius 2 is 1.72 bits per heavy atom. The summed E-state index contributed by atoms with van der Waals surface area (Å²) >= 11 is 0. The molecule has 6 nitrogen and oxygen atoms in total. The molecular formula is C26H28N2O4. The molecule has 1 aromatic heterocycles. The predicted octanol–water partition coefficient (Wildman–Crippen LogP) is 4.33. The van der Waals surface area contributed by atoms with Crippen LogP contribution >= 0.6 is 0 Å². The molecule has 166 valence electrons. The van der Waals surface area contributed by atoms with Crippen LogP contribution in [0.2, 0.25) is 0 Å². The first kappa shape index (κ1) is 21.8. The summed E-state index contributed by atoms with van der Waals surface area (Å²) in [4.78, 5) is 28.4. The molecule has 0 atom stereocenters. The standard InChI is InChI=1S/C26H28N2O4/c1-19-4-3-5-21(16-19)17-27-12-14-28(15-13-27)26(30)25-11-10-24(32-25)18-31-23-8-6-22(7-9-23)20(2)29/h3-11,16H,12-15,17-18H2,1-2H3. The number of carbonyl (C=O) groups is 2. The van der Waals surface area contributed by atoms with Crippen LogP contribution in [-0.2, 0) is 13.2 Å². The van der Waals surface area contributed by atoms with Crippen molar-refractivity contribution in [3.05, 3.63) is 88.9 Å². The summed E-state index contributed by atoms with van der Waals surface area (Å²) in [5, 5.41) is 0. The number of benzene rings is 2. The highest BCUT2D eigenvalue weighted by Crippen LogP contribution is 2.18. The molecule has 0 radical (unpaired) electrons. The smallest absolute Gasteiger partial charge is 0.289 e. The molecule has 32 heavy (non-hydrogen) atoms. The number of hydrogen-bond donors (Lipinski definition) is 0. The van der Waals surface area contributed by atoms with Gasteiger partial charge in [0.15, 0.2) is 11.5 Å². The molecule has 1 saturated heterocycles. The van der Waals surface area contributed by atoms with E-state index in [9.17, 15) is 9.59 Å². The zero-order valence-electron chi connectivity index (χ0n) is 18.5. The van der Waals surface area contributed by atoms with Gasteiger partial charge in [0.1, 0.15) is 18.1 Å². The van der Waals surface area contributed by atoms with Crippen LogP contribution in [0.25, 0.3) is 0 Å². The number of piperazine rings is 1. The number of Topliss-reactive ketones (excluding diaryl/α,β-unsaturated/α-hetero) is 1. The van der Waals surface area contributed by atoms with Crippen molar-refractivity contribution in [2.75, 3.05) is 26.2 Å². The molecule has 0 N–H and O–H groups in total. The summed E-state index contributed by atoms with van der Waals surface area (Å²) in [6, 6.07) is 19.0. The summed E-state index contributed by atoms with van der Waals surface area (Å²) in [6.45, 7) is 7.79. The number of ether oxygens (including phenoxy) is 1. The second-order valence-electron chi connectivity index (χ2n) is 8.19. The first-order valence-corrected chi connectivity index (χ1v) is 10.9. The zero-order valence-corrected chi connectivity index (χ0v) is 18.5. The number of nitrogens with zero attached hydrogens (tertiary/aromatic N) is 2. The van der Waals surface area contributed by atoms with E-state index in [0.29, 0.717) is 35.9 Å². The quantitative estimate of drug-likeness (QED) is 0.520. The van der Waals surface area contributed by atoms with Gasteiger partial charge in [-0.3, -0.25) is 14.5 Å². The van der Waals surface area contributed by atoms with E-state index in [1.807, 2.05) is 4.90 Å². The van der Waals surface area contributed by atoms with Gasteiger partial charge < -0.3 is 14.1 Å². The molecule has 2 heterocycles. The number of ketones is 1. The van der Waals surface area contributed by atoms with Gasteiger partial charge in [0.05, 0.1) is 0 Å². The van der Waals surface area contributed by atoms with E-state index in [1.54, 1.807) is 36.4 Å². The summed E-state index contributed by atoms with van der Waals surface area (Å²) in [7, 11) is 0.